The predicted octanol–water partition coefficient (Wildman–Crippen LogP) is 3.14. The highest BCUT2D eigenvalue weighted by atomic mass is 16.8. The van der Waals surface area contributed by atoms with Crippen LogP contribution in [0.5, 0.6) is 0 Å². The van der Waals surface area contributed by atoms with Crippen molar-refractivity contribution in [2.75, 3.05) is 13.7 Å². The molecule has 0 aliphatic carbocycles. The minimum atomic E-state index is -1.74. The van der Waals surface area contributed by atoms with Crippen LogP contribution < -0.4 is 0 Å². The van der Waals surface area contributed by atoms with Crippen LogP contribution >= 0.6 is 0 Å². The van der Waals surface area contributed by atoms with Gasteiger partial charge in [-0.1, -0.05) is 96.9 Å². The van der Waals surface area contributed by atoms with Crippen molar-refractivity contribution < 1.29 is 103 Å². The lowest BCUT2D eigenvalue weighted by Crippen LogP contribution is -2.66. The Hall–Kier alpha value is -0.840. The first-order valence-corrected chi connectivity index (χ1v) is 29.4. The molecule has 6 aliphatic heterocycles. The topological polar surface area (TPSA) is 293 Å². The van der Waals surface area contributed by atoms with Gasteiger partial charge in [-0.25, -0.2) is 0 Å². The van der Waals surface area contributed by atoms with Gasteiger partial charge in [-0.05, 0) is 74.0 Å². The van der Waals surface area contributed by atoms with Gasteiger partial charge >= 0.3 is 0 Å². The van der Waals surface area contributed by atoms with E-state index in [4.69, 9.17) is 56.8 Å². The fraction of sp³-hybridized carbons (Fsp3) is 1.00. The molecule has 6 fully saturated rings. The van der Waals surface area contributed by atoms with Crippen molar-refractivity contribution in [3.63, 3.8) is 0 Å². The van der Waals surface area contributed by atoms with E-state index < -0.39 is 171 Å². The molecule has 0 saturated carbocycles. The third-order valence-electron chi connectivity index (χ3n) is 16.3. The van der Waals surface area contributed by atoms with Crippen LogP contribution in [0.3, 0.4) is 0 Å². The van der Waals surface area contributed by atoms with Gasteiger partial charge in [-0.2, -0.15) is 0 Å². The van der Waals surface area contributed by atoms with E-state index in [-0.39, 0.29) is 48.5 Å². The number of aliphatic hydroxyl groups is 9. The number of hydrogen-bond acceptors (Lipinski definition) is 21. The van der Waals surface area contributed by atoms with Crippen molar-refractivity contribution in [1.29, 1.82) is 0 Å². The van der Waals surface area contributed by atoms with Crippen molar-refractivity contribution >= 4 is 0 Å². The maximum absolute atomic E-state index is 12.0. The molecule has 458 valence electrons. The predicted molar refractivity (Wildman–Crippen MR) is 282 cm³/mol. The Morgan fingerprint density at radius 2 is 0.705 bits per heavy atom. The highest BCUT2D eigenvalue weighted by molar-refractivity contribution is 4.99. The van der Waals surface area contributed by atoms with Crippen molar-refractivity contribution in [2.45, 2.75) is 302 Å². The van der Waals surface area contributed by atoms with Crippen LogP contribution in [0.15, 0.2) is 0 Å². The van der Waals surface area contributed by atoms with Crippen molar-refractivity contribution in [3.05, 3.63) is 0 Å². The zero-order valence-corrected chi connectivity index (χ0v) is 49.2. The Balaban J connectivity index is 1.14. The van der Waals surface area contributed by atoms with Gasteiger partial charge < -0.3 is 103 Å². The van der Waals surface area contributed by atoms with Crippen molar-refractivity contribution in [1.82, 2.24) is 0 Å². The molecule has 6 aliphatic rings. The van der Waals surface area contributed by atoms with Gasteiger partial charge in [0.05, 0.1) is 61.5 Å². The number of hydrogen-bond donors (Lipinski definition) is 9. The summed E-state index contributed by atoms with van der Waals surface area (Å²) in [7, 11) is 1.57. The van der Waals surface area contributed by atoms with E-state index in [1.54, 1.807) is 7.11 Å². The monoisotopic (exact) mass is 1120 g/mol. The van der Waals surface area contributed by atoms with Crippen molar-refractivity contribution in [2.24, 2.45) is 47.3 Å². The summed E-state index contributed by atoms with van der Waals surface area (Å²) in [6.07, 6.45) is -25.9. The molecular weight excluding hydrogens is 1020 g/mol. The van der Waals surface area contributed by atoms with E-state index in [9.17, 15) is 46.0 Å². The lowest BCUT2D eigenvalue weighted by Gasteiger charge is -2.50. The van der Waals surface area contributed by atoms with Crippen LogP contribution in [0, 0.1) is 47.3 Å². The van der Waals surface area contributed by atoms with E-state index in [1.165, 1.54) is 0 Å². The van der Waals surface area contributed by atoms with Crippen LogP contribution in [-0.2, 0) is 56.8 Å². The summed E-state index contributed by atoms with van der Waals surface area (Å²) >= 11 is 0. The first kappa shape index (κ1) is 66.3. The van der Waals surface area contributed by atoms with Gasteiger partial charge in [0, 0.05) is 25.4 Å². The normalized spacial score (nSPS) is 46.1. The van der Waals surface area contributed by atoms with Crippen molar-refractivity contribution in [3.8, 4) is 0 Å². The lowest BCUT2D eigenvalue weighted by molar-refractivity contribution is -0.382. The van der Waals surface area contributed by atoms with E-state index >= 15 is 0 Å². The molecule has 0 aromatic heterocycles. The third kappa shape index (κ3) is 16.5. The lowest BCUT2D eigenvalue weighted by atomic mass is 9.85. The van der Waals surface area contributed by atoms with Gasteiger partial charge in [-0.3, -0.25) is 0 Å². The Bertz CT molecular complexity index is 1740. The van der Waals surface area contributed by atoms with Gasteiger partial charge in [0.1, 0.15) is 73.2 Å². The zero-order chi connectivity index (χ0) is 57.8. The van der Waals surface area contributed by atoms with E-state index in [1.807, 2.05) is 69.2 Å². The Morgan fingerprint density at radius 3 is 1.17 bits per heavy atom. The molecule has 28 unspecified atom stereocenters. The second-order valence-corrected chi connectivity index (χ2v) is 26.2. The smallest absolute Gasteiger partial charge is 0.187 e. The summed E-state index contributed by atoms with van der Waals surface area (Å²) < 4.78 is 76.5. The number of rotatable bonds is 23. The van der Waals surface area contributed by atoms with E-state index in [0.717, 1.165) is 0 Å². The van der Waals surface area contributed by atoms with Crippen LogP contribution in [0.2, 0.25) is 0 Å². The quantitative estimate of drug-likeness (QED) is 0.0710. The summed E-state index contributed by atoms with van der Waals surface area (Å²) in [6.45, 7) is 27.7. The number of methoxy groups -OCH3 is 1. The zero-order valence-electron chi connectivity index (χ0n) is 49.2. The molecule has 0 amide bonds. The average Bonchev–Trinajstić information content (AvgIpc) is 3.36. The first-order valence-electron chi connectivity index (χ1n) is 29.4. The summed E-state index contributed by atoms with van der Waals surface area (Å²) in [6, 6.07) is 0. The Morgan fingerprint density at radius 1 is 0.346 bits per heavy atom. The maximum atomic E-state index is 12.0. The molecule has 0 aromatic carbocycles. The molecule has 0 radical (unpaired) electrons. The van der Waals surface area contributed by atoms with Crippen LogP contribution in [0.4, 0.5) is 0 Å². The van der Waals surface area contributed by atoms with Crippen LogP contribution in [0.25, 0.3) is 0 Å². The molecule has 0 aromatic rings. The first-order chi connectivity index (χ1) is 36.6. The molecule has 0 spiro atoms. The largest absolute Gasteiger partial charge is 0.390 e. The van der Waals surface area contributed by atoms with E-state index in [2.05, 4.69) is 27.7 Å². The number of aliphatic hydroxyl groups excluding tert-OH is 9. The molecule has 6 heterocycles. The molecule has 28 atom stereocenters. The molecule has 6 saturated heterocycles. The van der Waals surface area contributed by atoms with E-state index in [0.29, 0.717) is 38.5 Å². The second kappa shape index (κ2) is 29.3. The Labute approximate surface area is 464 Å². The molecular formula is C57H104O21. The van der Waals surface area contributed by atoms with Gasteiger partial charge in [0.15, 0.2) is 31.5 Å². The fourth-order valence-electron chi connectivity index (χ4n) is 12.2. The molecule has 0 bridgehead atoms. The van der Waals surface area contributed by atoms with Gasteiger partial charge in [-0.15, -0.1) is 0 Å². The van der Waals surface area contributed by atoms with Crippen LogP contribution in [0.1, 0.15) is 142 Å². The summed E-state index contributed by atoms with van der Waals surface area (Å²) in [5.74, 6) is -0.363. The van der Waals surface area contributed by atoms with Gasteiger partial charge in [0.2, 0.25) is 0 Å². The summed E-state index contributed by atoms with van der Waals surface area (Å²) in [5.41, 5.74) is 0. The second-order valence-electron chi connectivity index (χ2n) is 26.2. The minimum absolute atomic E-state index is 0.00784. The standard InChI is InChI=1S/C57H104O21/c1-24(2)16-34-51(43(62)33(59)23-68-34)77-56-47(66)45(64)53(39(73-56)21-29(11)12)78-57-46(65)44(63)52(38(72-57)20-28(9)10)74-40-22-32(58)49(36(69-40)18-26(5)6)76-55-42(61)30(13)48(35(71-55)17-25(3)4)75-54-31(14)41(60)50(67-15)37(70-54)19-27(7)8/h24-66H,16-23H2,1-15H3. The third-order valence-corrected chi connectivity index (χ3v) is 16.3. The SMILES string of the molecule is COC1C(CC(C)C)OC(OC2C(CC(C)C)OC(OC3C(O)CC(OC4C(CC(C)C)OC(OC5C(CC(C)C)OC(OC6C(CC(C)C)OCC(O)C6O)C(O)C5O)C(O)C4O)OC3CC(C)C)C(O)C2C)C(C)C1O. The highest BCUT2D eigenvalue weighted by Crippen LogP contribution is 2.41. The average molecular weight is 1130 g/mol. The molecule has 6 rings (SSSR count). The molecule has 78 heavy (non-hydrogen) atoms. The van der Waals surface area contributed by atoms with Crippen LogP contribution in [-0.4, -0.2) is 219 Å². The molecule has 21 nitrogen and oxygen atoms in total. The molecule has 9 N–H and O–H groups in total. The van der Waals surface area contributed by atoms with Gasteiger partial charge in [0.25, 0.3) is 0 Å². The fourth-order valence-corrected chi connectivity index (χ4v) is 12.2. The molecule has 21 heteroatoms. The Kier molecular flexibility index (Phi) is 24.9. The summed E-state index contributed by atoms with van der Waals surface area (Å²) in [5, 5.41) is 104. The summed E-state index contributed by atoms with van der Waals surface area (Å²) in [4.78, 5) is 0. The minimum Gasteiger partial charge on any atom is -0.390 e. The maximum Gasteiger partial charge on any atom is 0.187 e. The highest BCUT2D eigenvalue weighted by Gasteiger charge is 2.56. The number of ether oxygens (including phenoxy) is 12.